The van der Waals surface area contributed by atoms with Crippen LogP contribution in [0, 0.1) is 0 Å². The number of rotatable bonds is 6. The lowest BCUT2D eigenvalue weighted by molar-refractivity contribution is -0.118. The maximum Gasteiger partial charge on any atom is 0.243 e. The molecule has 2 aromatic carbocycles. The zero-order chi connectivity index (χ0) is 16.2. The summed E-state index contributed by atoms with van der Waals surface area (Å²) in [5.41, 5.74) is 5.89. The number of nitrogens with zero attached hydrogens (tertiary/aromatic N) is 1. The van der Waals surface area contributed by atoms with Gasteiger partial charge in [-0.05, 0) is 29.8 Å². The van der Waals surface area contributed by atoms with Crippen molar-refractivity contribution in [2.45, 2.75) is 11.4 Å². The normalized spacial score (nSPS) is 11.5. The average molecular weight is 339 g/mol. The molecule has 0 aliphatic rings. The number of amides is 1. The van der Waals surface area contributed by atoms with Crippen LogP contribution in [0.1, 0.15) is 5.56 Å². The quantitative estimate of drug-likeness (QED) is 0.875. The Bertz CT molecular complexity index is 746. The molecular weight excluding hydrogens is 324 g/mol. The van der Waals surface area contributed by atoms with Crippen molar-refractivity contribution in [2.75, 3.05) is 6.54 Å². The molecule has 0 unspecified atom stereocenters. The topological polar surface area (TPSA) is 80.5 Å². The van der Waals surface area contributed by atoms with E-state index in [4.69, 9.17) is 17.3 Å². The molecule has 5 nitrogen and oxygen atoms in total. The lowest BCUT2D eigenvalue weighted by atomic mass is 10.2. The molecule has 116 valence electrons. The molecule has 7 heteroatoms. The van der Waals surface area contributed by atoms with E-state index in [1.165, 1.54) is 12.1 Å². The van der Waals surface area contributed by atoms with E-state index in [-0.39, 0.29) is 18.0 Å². The van der Waals surface area contributed by atoms with Crippen molar-refractivity contribution in [2.24, 2.45) is 5.73 Å². The summed E-state index contributed by atoms with van der Waals surface area (Å²) >= 11 is 5.81. The summed E-state index contributed by atoms with van der Waals surface area (Å²) in [7, 11) is -3.80. The molecule has 2 N–H and O–H groups in total. The molecular formula is C15H15ClN2O3S. The number of carbonyl (C=O) groups excluding carboxylic acids is 1. The third-order valence-electron chi connectivity index (χ3n) is 2.99. The van der Waals surface area contributed by atoms with Crippen molar-refractivity contribution < 1.29 is 13.2 Å². The van der Waals surface area contributed by atoms with Crippen molar-refractivity contribution in [1.82, 2.24) is 4.31 Å². The van der Waals surface area contributed by atoms with Crippen molar-refractivity contribution in [3.05, 3.63) is 65.2 Å². The Morgan fingerprint density at radius 1 is 1.05 bits per heavy atom. The van der Waals surface area contributed by atoms with E-state index in [0.717, 1.165) is 4.31 Å². The van der Waals surface area contributed by atoms with Crippen LogP contribution in [-0.2, 0) is 21.4 Å². The largest absolute Gasteiger partial charge is 0.369 e. The van der Waals surface area contributed by atoms with E-state index in [9.17, 15) is 13.2 Å². The van der Waals surface area contributed by atoms with E-state index in [1.54, 1.807) is 42.5 Å². The van der Waals surface area contributed by atoms with Crippen LogP contribution in [0.3, 0.4) is 0 Å². The number of primary amides is 1. The Morgan fingerprint density at radius 3 is 2.18 bits per heavy atom. The van der Waals surface area contributed by atoms with Crippen LogP contribution in [0.4, 0.5) is 0 Å². The van der Waals surface area contributed by atoms with Crippen LogP contribution < -0.4 is 5.73 Å². The van der Waals surface area contributed by atoms with Gasteiger partial charge >= 0.3 is 0 Å². The SMILES string of the molecule is NC(=O)CN(Cc1ccc(Cl)cc1)S(=O)(=O)c1ccccc1. The summed E-state index contributed by atoms with van der Waals surface area (Å²) in [4.78, 5) is 11.3. The summed E-state index contributed by atoms with van der Waals surface area (Å²) in [6.45, 7) is -0.350. The number of hydrogen-bond donors (Lipinski definition) is 1. The first kappa shape index (κ1) is 16.5. The van der Waals surface area contributed by atoms with Crippen molar-refractivity contribution in [3.8, 4) is 0 Å². The van der Waals surface area contributed by atoms with E-state index < -0.39 is 15.9 Å². The molecule has 0 radical (unpaired) electrons. The van der Waals surface area contributed by atoms with Gasteiger partial charge in [0.1, 0.15) is 0 Å². The van der Waals surface area contributed by atoms with Crippen LogP contribution in [0.15, 0.2) is 59.5 Å². The van der Waals surface area contributed by atoms with Crippen molar-refractivity contribution >= 4 is 27.5 Å². The Morgan fingerprint density at radius 2 is 1.64 bits per heavy atom. The van der Waals surface area contributed by atoms with Gasteiger partial charge in [0.15, 0.2) is 0 Å². The zero-order valence-electron chi connectivity index (χ0n) is 11.6. The average Bonchev–Trinajstić information content (AvgIpc) is 2.49. The van der Waals surface area contributed by atoms with Gasteiger partial charge in [-0.3, -0.25) is 4.79 Å². The highest BCUT2D eigenvalue weighted by Gasteiger charge is 2.25. The molecule has 0 fully saturated rings. The highest BCUT2D eigenvalue weighted by molar-refractivity contribution is 7.89. The van der Waals surface area contributed by atoms with Gasteiger partial charge in [-0.15, -0.1) is 0 Å². The zero-order valence-corrected chi connectivity index (χ0v) is 13.2. The summed E-state index contributed by atoms with van der Waals surface area (Å²) in [5.74, 6) is -0.714. The first-order valence-corrected chi connectivity index (χ1v) is 8.29. The summed E-state index contributed by atoms with van der Waals surface area (Å²) in [5, 5.41) is 0.552. The molecule has 1 amide bonds. The maximum absolute atomic E-state index is 12.6. The Labute approximate surface area is 134 Å². The van der Waals surface area contributed by atoms with Gasteiger partial charge in [-0.25, -0.2) is 8.42 Å². The van der Waals surface area contributed by atoms with Crippen LogP contribution in [0.2, 0.25) is 5.02 Å². The van der Waals surface area contributed by atoms with Crippen LogP contribution >= 0.6 is 11.6 Å². The number of sulfonamides is 1. The predicted molar refractivity (Wildman–Crippen MR) is 84.7 cm³/mol. The lowest BCUT2D eigenvalue weighted by Crippen LogP contribution is -2.37. The van der Waals surface area contributed by atoms with Gasteiger partial charge in [0.05, 0.1) is 11.4 Å². The van der Waals surface area contributed by atoms with E-state index in [0.29, 0.717) is 10.6 Å². The predicted octanol–water partition coefficient (Wildman–Crippen LogP) is 2.02. The molecule has 0 saturated heterocycles. The van der Waals surface area contributed by atoms with Crippen LogP contribution in [0.25, 0.3) is 0 Å². The molecule has 0 bridgehead atoms. The molecule has 0 aromatic heterocycles. The van der Waals surface area contributed by atoms with Crippen molar-refractivity contribution in [1.29, 1.82) is 0 Å². The van der Waals surface area contributed by atoms with Gasteiger partial charge < -0.3 is 5.73 Å². The van der Waals surface area contributed by atoms with Gasteiger partial charge in [0.2, 0.25) is 15.9 Å². The summed E-state index contributed by atoms with van der Waals surface area (Å²) < 4.78 is 26.3. The second kappa shape index (κ2) is 6.91. The summed E-state index contributed by atoms with van der Waals surface area (Å²) in [6.07, 6.45) is 0. The molecule has 22 heavy (non-hydrogen) atoms. The molecule has 2 aromatic rings. The number of halogens is 1. The second-order valence-corrected chi connectivity index (χ2v) is 7.05. The van der Waals surface area contributed by atoms with Gasteiger partial charge in [0.25, 0.3) is 0 Å². The van der Waals surface area contributed by atoms with Crippen LogP contribution in [-0.4, -0.2) is 25.2 Å². The van der Waals surface area contributed by atoms with E-state index >= 15 is 0 Å². The highest BCUT2D eigenvalue weighted by atomic mass is 35.5. The Balaban J connectivity index is 2.33. The molecule has 0 aliphatic heterocycles. The monoisotopic (exact) mass is 338 g/mol. The lowest BCUT2D eigenvalue weighted by Gasteiger charge is -2.21. The number of nitrogens with two attached hydrogens (primary N) is 1. The minimum Gasteiger partial charge on any atom is -0.369 e. The fraction of sp³-hybridized carbons (Fsp3) is 0.133. The van der Waals surface area contributed by atoms with Crippen LogP contribution in [0.5, 0.6) is 0 Å². The molecule has 0 aliphatic carbocycles. The maximum atomic E-state index is 12.6. The standard InChI is InChI=1S/C15H15ClN2O3S/c16-13-8-6-12(7-9-13)10-18(11-15(17)19)22(20,21)14-4-2-1-3-5-14/h1-9H,10-11H2,(H2,17,19). The van der Waals surface area contributed by atoms with Gasteiger partial charge in [-0.1, -0.05) is 41.9 Å². The minimum atomic E-state index is -3.80. The summed E-state index contributed by atoms with van der Waals surface area (Å²) in [6, 6.07) is 14.7. The molecule has 2 rings (SSSR count). The molecule has 0 heterocycles. The first-order chi connectivity index (χ1) is 10.4. The van der Waals surface area contributed by atoms with E-state index in [1.807, 2.05) is 0 Å². The van der Waals surface area contributed by atoms with E-state index in [2.05, 4.69) is 0 Å². The fourth-order valence-corrected chi connectivity index (χ4v) is 3.48. The third-order valence-corrected chi connectivity index (χ3v) is 5.04. The highest BCUT2D eigenvalue weighted by Crippen LogP contribution is 2.19. The molecule has 0 atom stereocenters. The number of benzene rings is 2. The second-order valence-electron chi connectivity index (χ2n) is 4.68. The minimum absolute atomic E-state index is 0.0390. The third kappa shape index (κ3) is 4.07. The first-order valence-electron chi connectivity index (χ1n) is 6.47. The van der Waals surface area contributed by atoms with Crippen molar-refractivity contribution in [3.63, 3.8) is 0 Å². The van der Waals surface area contributed by atoms with Gasteiger partial charge in [0, 0.05) is 11.6 Å². The Kier molecular flexibility index (Phi) is 5.18. The van der Waals surface area contributed by atoms with Gasteiger partial charge in [-0.2, -0.15) is 4.31 Å². The number of hydrogen-bond acceptors (Lipinski definition) is 3. The molecule has 0 spiro atoms. The molecule has 0 saturated carbocycles. The fourth-order valence-electron chi connectivity index (χ4n) is 1.93. The Hall–Kier alpha value is -1.89. The number of carbonyl (C=O) groups is 1. The smallest absolute Gasteiger partial charge is 0.243 e.